The monoisotopic (exact) mass is 234 g/mol. The molecule has 0 aromatic heterocycles. The SMILES string of the molecule is CCNCCC(=O)N(C)CCc1ccccc1. The molecule has 1 aromatic rings. The summed E-state index contributed by atoms with van der Waals surface area (Å²) in [7, 11) is 1.87. The number of nitrogens with one attached hydrogen (secondary N) is 1. The van der Waals surface area contributed by atoms with E-state index in [2.05, 4.69) is 17.4 Å². The lowest BCUT2D eigenvalue weighted by Gasteiger charge is -2.17. The number of nitrogens with zero attached hydrogens (tertiary/aromatic N) is 1. The molecule has 0 aliphatic rings. The van der Waals surface area contributed by atoms with E-state index in [1.54, 1.807) is 0 Å². The van der Waals surface area contributed by atoms with E-state index in [4.69, 9.17) is 0 Å². The van der Waals surface area contributed by atoms with Crippen molar-refractivity contribution >= 4 is 5.91 Å². The maximum absolute atomic E-state index is 11.7. The van der Waals surface area contributed by atoms with E-state index in [0.717, 1.165) is 26.1 Å². The van der Waals surface area contributed by atoms with Crippen LogP contribution in [0.25, 0.3) is 0 Å². The Morgan fingerprint density at radius 3 is 2.65 bits per heavy atom. The van der Waals surface area contributed by atoms with E-state index in [0.29, 0.717) is 6.42 Å². The highest BCUT2D eigenvalue weighted by molar-refractivity contribution is 5.76. The number of carbonyl (C=O) groups is 1. The summed E-state index contributed by atoms with van der Waals surface area (Å²) in [6.45, 7) is 4.52. The van der Waals surface area contributed by atoms with E-state index in [1.165, 1.54) is 5.56 Å². The Kier molecular flexibility index (Phi) is 6.33. The Bertz CT molecular complexity index is 324. The van der Waals surface area contributed by atoms with Gasteiger partial charge in [-0.1, -0.05) is 37.3 Å². The molecule has 0 radical (unpaired) electrons. The molecule has 0 heterocycles. The zero-order valence-electron chi connectivity index (χ0n) is 10.8. The number of hydrogen-bond acceptors (Lipinski definition) is 2. The zero-order chi connectivity index (χ0) is 12.5. The third-order valence-electron chi connectivity index (χ3n) is 2.77. The highest BCUT2D eigenvalue weighted by atomic mass is 16.2. The average molecular weight is 234 g/mol. The van der Waals surface area contributed by atoms with Crippen LogP contribution in [-0.2, 0) is 11.2 Å². The lowest BCUT2D eigenvalue weighted by atomic mass is 10.1. The fourth-order valence-electron chi connectivity index (χ4n) is 1.63. The van der Waals surface area contributed by atoms with Gasteiger partial charge in [0.1, 0.15) is 0 Å². The fraction of sp³-hybridized carbons (Fsp3) is 0.500. The van der Waals surface area contributed by atoms with Gasteiger partial charge in [-0.3, -0.25) is 4.79 Å². The first-order valence-electron chi connectivity index (χ1n) is 6.22. The Labute approximate surface area is 104 Å². The van der Waals surface area contributed by atoms with Gasteiger partial charge in [0.25, 0.3) is 0 Å². The van der Waals surface area contributed by atoms with Crippen molar-refractivity contribution in [1.82, 2.24) is 10.2 Å². The van der Waals surface area contributed by atoms with Crippen LogP contribution in [0.5, 0.6) is 0 Å². The molecule has 17 heavy (non-hydrogen) atoms. The highest BCUT2D eigenvalue weighted by Gasteiger charge is 2.07. The van der Waals surface area contributed by atoms with Gasteiger partial charge in [0.15, 0.2) is 0 Å². The van der Waals surface area contributed by atoms with E-state index in [-0.39, 0.29) is 5.91 Å². The predicted molar refractivity (Wildman–Crippen MR) is 70.9 cm³/mol. The summed E-state index contributed by atoms with van der Waals surface area (Å²) in [4.78, 5) is 13.5. The van der Waals surface area contributed by atoms with Gasteiger partial charge in [-0.05, 0) is 18.5 Å². The second kappa shape index (κ2) is 7.85. The first-order valence-corrected chi connectivity index (χ1v) is 6.22. The van der Waals surface area contributed by atoms with Crippen LogP contribution in [0.1, 0.15) is 18.9 Å². The minimum atomic E-state index is 0.210. The van der Waals surface area contributed by atoms with Gasteiger partial charge >= 0.3 is 0 Å². The van der Waals surface area contributed by atoms with E-state index < -0.39 is 0 Å². The molecular formula is C14H22N2O. The molecule has 0 bridgehead atoms. The Morgan fingerprint density at radius 1 is 1.29 bits per heavy atom. The molecule has 0 fully saturated rings. The molecule has 3 nitrogen and oxygen atoms in total. The highest BCUT2D eigenvalue weighted by Crippen LogP contribution is 2.01. The summed E-state index contributed by atoms with van der Waals surface area (Å²) in [5.41, 5.74) is 1.28. The van der Waals surface area contributed by atoms with E-state index in [9.17, 15) is 4.79 Å². The molecule has 0 spiro atoms. The summed E-state index contributed by atoms with van der Waals surface area (Å²) in [6, 6.07) is 10.3. The van der Waals surface area contributed by atoms with Gasteiger partial charge in [0.05, 0.1) is 0 Å². The van der Waals surface area contributed by atoms with Crippen molar-refractivity contribution in [3.63, 3.8) is 0 Å². The summed E-state index contributed by atoms with van der Waals surface area (Å²) >= 11 is 0. The lowest BCUT2D eigenvalue weighted by Crippen LogP contribution is -2.31. The van der Waals surface area contributed by atoms with Crippen molar-refractivity contribution < 1.29 is 4.79 Å². The van der Waals surface area contributed by atoms with Crippen LogP contribution in [-0.4, -0.2) is 37.5 Å². The minimum absolute atomic E-state index is 0.210. The largest absolute Gasteiger partial charge is 0.345 e. The topological polar surface area (TPSA) is 32.3 Å². The van der Waals surface area contributed by atoms with Crippen molar-refractivity contribution in [3.05, 3.63) is 35.9 Å². The van der Waals surface area contributed by atoms with E-state index >= 15 is 0 Å². The van der Waals surface area contributed by atoms with Crippen molar-refractivity contribution in [2.75, 3.05) is 26.7 Å². The standard InChI is InChI=1S/C14H22N2O/c1-3-15-11-9-14(17)16(2)12-10-13-7-5-4-6-8-13/h4-8,15H,3,9-12H2,1-2H3. The van der Waals surface area contributed by atoms with Crippen LogP contribution >= 0.6 is 0 Å². The molecule has 0 atom stereocenters. The van der Waals surface area contributed by atoms with Gasteiger partial charge in [-0.25, -0.2) is 0 Å². The van der Waals surface area contributed by atoms with Crippen molar-refractivity contribution in [2.24, 2.45) is 0 Å². The zero-order valence-corrected chi connectivity index (χ0v) is 10.8. The third-order valence-corrected chi connectivity index (χ3v) is 2.77. The molecule has 0 aliphatic carbocycles. The third kappa shape index (κ3) is 5.50. The molecule has 0 saturated heterocycles. The summed E-state index contributed by atoms with van der Waals surface area (Å²) < 4.78 is 0. The van der Waals surface area contributed by atoms with Gasteiger partial charge < -0.3 is 10.2 Å². The van der Waals surface area contributed by atoms with Gasteiger partial charge in [0.2, 0.25) is 5.91 Å². The maximum Gasteiger partial charge on any atom is 0.223 e. The molecule has 1 rings (SSSR count). The smallest absolute Gasteiger partial charge is 0.223 e. The molecule has 0 unspecified atom stereocenters. The fourth-order valence-corrected chi connectivity index (χ4v) is 1.63. The van der Waals surface area contributed by atoms with Crippen LogP contribution < -0.4 is 5.32 Å². The number of rotatable bonds is 7. The first kappa shape index (κ1) is 13.7. The number of amides is 1. The van der Waals surface area contributed by atoms with Gasteiger partial charge in [0, 0.05) is 26.6 Å². The second-order valence-electron chi connectivity index (χ2n) is 4.15. The molecule has 1 amide bonds. The number of likely N-dealkylation sites (N-methyl/N-ethyl adjacent to an activating group) is 1. The number of hydrogen-bond donors (Lipinski definition) is 1. The van der Waals surface area contributed by atoms with Crippen molar-refractivity contribution in [3.8, 4) is 0 Å². The van der Waals surface area contributed by atoms with Gasteiger partial charge in [-0.2, -0.15) is 0 Å². The molecule has 1 aromatic carbocycles. The predicted octanol–water partition coefficient (Wildman–Crippen LogP) is 1.69. The number of carbonyl (C=O) groups excluding carboxylic acids is 1. The summed E-state index contributed by atoms with van der Waals surface area (Å²) in [5.74, 6) is 0.210. The lowest BCUT2D eigenvalue weighted by molar-refractivity contribution is -0.129. The normalized spacial score (nSPS) is 10.2. The molecule has 0 aliphatic heterocycles. The molecule has 3 heteroatoms. The average Bonchev–Trinajstić information content (AvgIpc) is 2.37. The second-order valence-corrected chi connectivity index (χ2v) is 4.15. The van der Waals surface area contributed by atoms with Crippen LogP contribution in [0.3, 0.4) is 0 Å². The Balaban J connectivity index is 2.24. The molecule has 1 N–H and O–H groups in total. The van der Waals surface area contributed by atoms with E-state index in [1.807, 2.05) is 37.1 Å². The Morgan fingerprint density at radius 2 is 2.00 bits per heavy atom. The quantitative estimate of drug-likeness (QED) is 0.728. The van der Waals surface area contributed by atoms with Gasteiger partial charge in [-0.15, -0.1) is 0 Å². The first-order chi connectivity index (χ1) is 8.24. The molecular weight excluding hydrogens is 212 g/mol. The summed E-state index contributed by atoms with van der Waals surface area (Å²) in [5, 5.41) is 3.16. The van der Waals surface area contributed by atoms with Crippen LogP contribution in [0, 0.1) is 0 Å². The molecule has 94 valence electrons. The summed E-state index contributed by atoms with van der Waals surface area (Å²) in [6.07, 6.45) is 1.50. The van der Waals surface area contributed by atoms with Crippen molar-refractivity contribution in [1.29, 1.82) is 0 Å². The van der Waals surface area contributed by atoms with Crippen LogP contribution in [0.4, 0.5) is 0 Å². The minimum Gasteiger partial charge on any atom is -0.345 e. The van der Waals surface area contributed by atoms with Crippen LogP contribution in [0.2, 0.25) is 0 Å². The van der Waals surface area contributed by atoms with Crippen molar-refractivity contribution in [2.45, 2.75) is 19.8 Å². The number of benzene rings is 1. The maximum atomic E-state index is 11.7. The Hall–Kier alpha value is -1.35. The van der Waals surface area contributed by atoms with Crippen LogP contribution in [0.15, 0.2) is 30.3 Å². The molecule has 0 saturated carbocycles.